The van der Waals surface area contributed by atoms with E-state index in [0.717, 1.165) is 0 Å². The van der Waals surface area contributed by atoms with Crippen LogP contribution in [0.3, 0.4) is 0 Å². The van der Waals surface area contributed by atoms with Gasteiger partial charge in [-0.3, -0.25) is 0 Å². The molecule has 0 saturated heterocycles. The van der Waals surface area contributed by atoms with Crippen LogP contribution >= 0.6 is 11.6 Å². The van der Waals surface area contributed by atoms with E-state index in [0.29, 0.717) is 17.1 Å². The second kappa shape index (κ2) is 4.73. The zero-order chi connectivity index (χ0) is 10.6. The number of halogens is 1. The first kappa shape index (κ1) is 10.7. The summed E-state index contributed by atoms with van der Waals surface area (Å²) in [6.45, 7) is 0. The van der Waals surface area contributed by atoms with Gasteiger partial charge in [0.15, 0.2) is 0 Å². The van der Waals surface area contributed by atoms with Crippen LogP contribution < -0.4 is 9.47 Å². The summed E-state index contributed by atoms with van der Waals surface area (Å²) in [6.07, 6.45) is 0. The van der Waals surface area contributed by atoms with Crippen LogP contribution in [-0.2, 0) is 0 Å². The highest BCUT2D eigenvalue weighted by atomic mass is 35.5. The maximum atomic E-state index is 8.65. The molecule has 0 aromatic heterocycles. The molecule has 0 bridgehead atoms. The summed E-state index contributed by atoms with van der Waals surface area (Å²) >= 11 is 5.78. The number of nitriles is 1. The predicted molar refractivity (Wildman–Crippen MR) is 53.8 cm³/mol. The van der Waals surface area contributed by atoms with E-state index in [1.165, 1.54) is 0 Å². The van der Waals surface area contributed by atoms with E-state index >= 15 is 0 Å². The second-order valence-corrected chi connectivity index (χ2v) is 3.07. The highest BCUT2D eigenvalue weighted by molar-refractivity contribution is 6.22. The molecule has 3 nitrogen and oxygen atoms in total. The third-order valence-corrected chi connectivity index (χ3v) is 2.13. The van der Waals surface area contributed by atoms with Gasteiger partial charge < -0.3 is 9.47 Å². The Morgan fingerprint density at radius 1 is 1.21 bits per heavy atom. The van der Waals surface area contributed by atoms with Crippen LogP contribution in [0.25, 0.3) is 0 Å². The van der Waals surface area contributed by atoms with Crippen LogP contribution in [0.15, 0.2) is 18.2 Å². The molecular formula is C10H10ClNO2. The van der Waals surface area contributed by atoms with Crippen molar-refractivity contribution in [3.63, 3.8) is 0 Å². The number of hydrogen-bond acceptors (Lipinski definition) is 3. The van der Waals surface area contributed by atoms with E-state index in [4.69, 9.17) is 26.3 Å². The number of methoxy groups -OCH3 is 2. The van der Waals surface area contributed by atoms with Gasteiger partial charge >= 0.3 is 0 Å². The molecule has 0 heterocycles. The number of alkyl halides is 1. The monoisotopic (exact) mass is 211 g/mol. The highest BCUT2D eigenvalue weighted by Gasteiger charge is 2.09. The van der Waals surface area contributed by atoms with Gasteiger partial charge in [0.2, 0.25) is 0 Å². The molecule has 0 N–H and O–H groups in total. The van der Waals surface area contributed by atoms with Crippen molar-refractivity contribution in [3.05, 3.63) is 23.8 Å². The van der Waals surface area contributed by atoms with Crippen LogP contribution in [-0.4, -0.2) is 14.2 Å². The summed E-state index contributed by atoms with van der Waals surface area (Å²) in [7, 11) is 3.10. The van der Waals surface area contributed by atoms with Gasteiger partial charge in [-0.2, -0.15) is 5.26 Å². The first-order chi connectivity index (χ1) is 6.71. The van der Waals surface area contributed by atoms with Crippen molar-refractivity contribution in [2.45, 2.75) is 5.38 Å². The number of nitrogens with zero attached hydrogens (tertiary/aromatic N) is 1. The standard InChI is InChI=1S/C10H10ClNO2/c1-13-8-3-7(10(11)6-12)4-9(5-8)14-2/h3-5,10H,1-2H3/t10-/m0/s1. The summed E-state index contributed by atoms with van der Waals surface area (Å²) in [5, 5.41) is 7.97. The Hall–Kier alpha value is -1.40. The molecule has 0 saturated carbocycles. The minimum absolute atomic E-state index is 0.625. The Bertz CT molecular complexity index is 337. The van der Waals surface area contributed by atoms with Crippen LogP contribution in [0.1, 0.15) is 10.9 Å². The van der Waals surface area contributed by atoms with Gasteiger partial charge in [0.25, 0.3) is 0 Å². The van der Waals surface area contributed by atoms with Crippen molar-refractivity contribution in [2.75, 3.05) is 14.2 Å². The molecule has 0 spiro atoms. The van der Waals surface area contributed by atoms with E-state index in [1.807, 2.05) is 6.07 Å². The van der Waals surface area contributed by atoms with Crippen molar-refractivity contribution < 1.29 is 9.47 Å². The molecule has 0 aliphatic rings. The van der Waals surface area contributed by atoms with E-state index in [2.05, 4.69) is 0 Å². The van der Waals surface area contributed by atoms with Crippen LogP contribution in [0.2, 0.25) is 0 Å². The van der Waals surface area contributed by atoms with Crippen molar-refractivity contribution in [2.24, 2.45) is 0 Å². The van der Waals surface area contributed by atoms with E-state index < -0.39 is 5.38 Å². The number of ether oxygens (including phenoxy) is 2. The molecule has 1 atom stereocenters. The maximum absolute atomic E-state index is 8.65. The third-order valence-electron chi connectivity index (χ3n) is 1.78. The molecule has 74 valence electrons. The molecule has 14 heavy (non-hydrogen) atoms. The normalized spacial score (nSPS) is 11.6. The Morgan fingerprint density at radius 2 is 1.71 bits per heavy atom. The fourth-order valence-corrected chi connectivity index (χ4v) is 1.18. The Kier molecular flexibility index (Phi) is 3.61. The zero-order valence-electron chi connectivity index (χ0n) is 7.95. The number of rotatable bonds is 3. The first-order valence-electron chi connectivity index (χ1n) is 3.98. The largest absolute Gasteiger partial charge is 0.497 e. The van der Waals surface area contributed by atoms with Gasteiger partial charge in [-0.25, -0.2) is 0 Å². The molecule has 0 unspecified atom stereocenters. The summed E-state index contributed by atoms with van der Waals surface area (Å²) in [6, 6.07) is 7.09. The van der Waals surface area contributed by atoms with Gasteiger partial charge in [-0.05, 0) is 17.7 Å². The van der Waals surface area contributed by atoms with Gasteiger partial charge in [0, 0.05) is 6.07 Å². The molecule has 0 fully saturated rings. The van der Waals surface area contributed by atoms with Crippen LogP contribution in [0, 0.1) is 11.3 Å². The zero-order valence-corrected chi connectivity index (χ0v) is 8.71. The fraction of sp³-hybridized carbons (Fsp3) is 0.300. The lowest BCUT2D eigenvalue weighted by Gasteiger charge is -2.08. The summed E-state index contributed by atoms with van der Waals surface area (Å²) < 4.78 is 10.1. The summed E-state index contributed by atoms with van der Waals surface area (Å²) in [4.78, 5) is 0. The van der Waals surface area contributed by atoms with Crippen molar-refractivity contribution in [3.8, 4) is 17.6 Å². The van der Waals surface area contributed by atoms with Crippen LogP contribution in [0.4, 0.5) is 0 Å². The molecule has 0 aliphatic carbocycles. The van der Waals surface area contributed by atoms with E-state index in [1.54, 1.807) is 32.4 Å². The van der Waals surface area contributed by atoms with Crippen molar-refractivity contribution in [1.29, 1.82) is 5.26 Å². The average molecular weight is 212 g/mol. The molecule has 1 rings (SSSR count). The lowest BCUT2D eigenvalue weighted by Crippen LogP contribution is -1.92. The minimum Gasteiger partial charge on any atom is -0.497 e. The Labute approximate surface area is 87.8 Å². The average Bonchev–Trinajstić information content (AvgIpc) is 2.27. The van der Waals surface area contributed by atoms with Gasteiger partial charge in [-0.1, -0.05) is 0 Å². The minimum atomic E-state index is -0.681. The van der Waals surface area contributed by atoms with E-state index in [9.17, 15) is 0 Å². The Morgan fingerprint density at radius 3 is 2.07 bits per heavy atom. The van der Waals surface area contributed by atoms with Crippen LogP contribution in [0.5, 0.6) is 11.5 Å². The molecule has 4 heteroatoms. The topological polar surface area (TPSA) is 42.2 Å². The van der Waals surface area contributed by atoms with Gasteiger partial charge in [-0.15, -0.1) is 11.6 Å². The quantitative estimate of drug-likeness (QED) is 0.722. The van der Waals surface area contributed by atoms with Crippen molar-refractivity contribution in [1.82, 2.24) is 0 Å². The molecule has 0 amide bonds. The number of benzene rings is 1. The van der Waals surface area contributed by atoms with Gasteiger partial charge in [0.1, 0.15) is 16.9 Å². The fourth-order valence-electron chi connectivity index (χ4n) is 1.05. The summed E-state index contributed by atoms with van der Waals surface area (Å²) in [5.74, 6) is 1.25. The molecule has 1 aromatic rings. The first-order valence-corrected chi connectivity index (χ1v) is 4.41. The van der Waals surface area contributed by atoms with Crippen molar-refractivity contribution >= 4 is 11.6 Å². The molecule has 0 aliphatic heterocycles. The second-order valence-electron chi connectivity index (χ2n) is 2.64. The summed E-state index contributed by atoms with van der Waals surface area (Å²) in [5.41, 5.74) is 0.672. The number of hydrogen-bond donors (Lipinski definition) is 0. The highest BCUT2D eigenvalue weighted by Crippen LogP contribution is 2.28. The molecular weight excluding hydrogens is 202 g/mol. The maximum Gasteiger partial charge on any atom is 0.145 e. The smallest absolute Gasteiger partial charge is 0.145 e. The molecule has 0 radical (unpaired) electrons. The molecule has 1 aromatic carbocycles. The SMILES string of the molecule is COc1cc(OC)cc([C@@H](Cl)C#N)c1. The van der Waals surface area contributed by atoms with Gasteiger partial charge in [0.05, 0.1) is 20.3 Å². The Balaban J connectivity index is 3.12. The predicted octanol–water partition coefficient (Wildman–Crippen LogP) is 2.51. The lowest BCUT2D eigenvalue weighted by molar-refractivity contribution is 0.393. The lowest BCUT2D eigenvalue weighted by atomic mass is 10.1. The van der Waals surface area contributed by atoms with E-state index in [-0.39, 0.29) is 0 Å². The third kappa shape index (κ3) is 2.30.